The summed E-state index contributed by atoms with van der Waals surface area (Å²) in [7, 11) is 0. The minimum absolute atomic E-state index is 0.305. The van der Waals surface area contributed by atoms with Crippen molar-refractivity contribution in [1.82, 2.24) is 0 Å². The van der Waals surface area contributed by atoms with Crippen LogP contribution >= 0.6 is 0 Å². The van der Waals surface area contributed by atoms with Crippen molar-refractivity contribution in [2.75, 3.05) is 6.61 Å². The molecule has 0 unspecified atom stereocenters. The van der Waals surface area contributed by atoms with Gasteiger partial charge in [0.05, 0.1) is 11.1 Å². The van der Waals surface area contributed by atoms with Crippen LogP contribution in [0, 0.1) is 0 Å². The number of benzene rings is 1. The van der Waals surface area contributed by atoms with Crippen LogP contribution < -0.4 is 4.74 Å². The third kappa shape index (κ3) is 4.23. The minimum atomic E-state index is -4.97. The van der Waals surface area contributed by atoms with Crippen molar-refractivity contribution in [3.8, 4) is 5.75 Å². The van der Waals surface area contributed by atoms with Gasteiger partial charge in [0.25, 0.3) is 0 Å². The van der Waals surface area contributed by atoms with Gasteiger partial charge in [-0.05, 0) is 18.2 Å². The second-order valence-corrected chi connectivity index (χ2v) is 3.86. The monoisotopic (exact) mass is 320 g/mol. The van der Waals surface area contributed by atoms with E-state index >= 15 is 0 Å². The number of ether oxygens (including phenoxy) is 1. The van der Waals surface area contributed by atoms with Crippen molar-refractivity contribution in [3.05, 3.63) is 29.3 Å². The van der Waals surface area contributed by atoms with Gasteiger partial charge in [-0.3, -0.25) is 0 Å². The van der Waals surface area contributed by atoms with Crippen molar-refractivity contribution in [2.45, 2.75) is 18.5 Å². The highest BCUT2D eigenvalue weighted by Gasteiger charge is 2.42. The van der Waals surface area contributed by atoms with Crippen LogP contribution in [0.25, 0.3) is 0 Å². The zero-order valence-electron chi connectivity index (χ0n) is 9.93. The number of rotatable bonds is 5. The Labute approximate surface area is 112 Å². The van der Waals surface area contributed by atoms with E-state index in [0.29, 0.717) is 18.2 Å². The van der Waals surface area contributed by atoms with Crippen LogP contribution in [0.3, 0.4) is 0 Å². The van der Waals surface area contributed by atoms with Gasteiger partial charge in [0.15, 0.2) is 6.61 Å². The Bertz CT molecular complexity index is 525. The number of carboxylic acids is 1. The Hall–Kier alpha value is -2.00. The van der Waals surface area contributed by atoms with Gasteiger partial charge in [0.1, 0.15) is 5.75 Å². The first-order valence-electron chi connectivity index (χ1n) is 5.18. The smallest absolute Gasteiger partial charge is 0.417 e. The minimum Gasteiger partial charge on any atom is -0.487 e. The standard InChI is InChI=1S/C11H7F7O3/c12-9(13)10(14,15)4-21-5-1-2-7(11(16,17)18)6(3-5)8(19)20/h1-3,9H,4H2,(H,19,20). The van der Waals surface area contributed by atoms with Crippen LogP contribution in [0.4, 0.5) is 30.7 Å². The summed E-state index contributed by atoms with van der Waals surface area (Å²) in [5.74, 6) is -7.17. The van der Waals surface area contributed by atoms with E-state index in [-0.39, 0.29) is 0 Å². The van der Waals surface area contributed by atoms with Crippen LogP contribution in [0.15, 0.2) is 18.2 Å². The maximum atomic E-state index is 12.6. The van der Waals surface area contributed by atoms with Gasteiger partial charge in [-0.1, -0.05) is 0 Å². The Morgan fingerprint density at radius 3 is 2.19 bits per heavy atom. The van der Waals surface area contributed by atoms with Gasteiger partial charge in [-0.15, -0.1) is 0 Å². The average molecular weight is 320 g/mol. The molecule has 0 saturated heterocycles. The van der Waals surface area contributed by atoms with E-state index in [9.17, 15) is 35.5 Å². The fraction of sp³-hybridized carbons (Fsp3) is 0.364. The van der Waals surface area contributed by atoms with Gasteiger partial charge >= 0.3 is 24.5 Å². The van der Waals surface area contributed by atoms with Crippen LogP contribution in [0.2, 0.25) is 0 Å². The number of halogens is 7. The molecule has 0 atom stereocenters. The first-order valence-corrected chi connectivity index (χ1v) is 5.18. The predicted octanol–water partition coefficient (Wildman–Crippen LogP) is 3.68. The number of hydrogen-bond acceptors (Lipinski definition) is 2. The van der Waals surface area contributed by atoms with Gasteiger partial charge in [0.2, 0.25) is 0 Å². The third-order valence-corrected chi connectivity index (χ3v) is 2.28. The van der Waals surface area contributed by atoms with Crippen molar-refractivity contribution >= 4 is 5.97 Å². The number of carbonyl (C=O) groups is 1. The Kier molecular flexibility index (Phi) is 4.69. The normalized spacial score (nSPS) is 12.6. The number of aromatic carboxylic acids is 1. The molecule has 0 aromatic heterocycles. The lowest BCUT2D eigenvalue weighted by Crippen LogP contribution is -2.33. The molecule has 0 radical (unpaired) electrons. The highest BCUT2D eigenvalue weighted by molar-refractivity contribution is 5.90. The predicted molar refractivity (Wildman–Crippen MR) is 54.8 cm³/mol. The van der Waals surface area contributed by atoms with E-state index in [1.54, 1.807) is 0 Å². The molecule has 0 saturated carbocycles. The highest BCUT2D eigenvalue weighted by atomic mass is 19.4. The molecular formula is C11H7F7O3. The van der Waals surface area contributed by atoms with Crippen molar-refractivity contribution in [3.63, 3.8) is 0 Å². The zero-order valence-corrected chi connectivity index (χ0v) is 9.93. The van der Waals surface area contributed by atoms with Gasteiger partial charge in [0, 0.05) is 0 Å². The molecule has 1 N–H and O–H groups in total. The van der Waals surface area contributed by atoms with Crippen molar-refractivity contribution in [2.24, 2.45) is 0 Å². The van der Waals surface area contributed by atoms with Gasteiger partial charge in [-0.2, -0.15) is 22.0 Å². The maximum Gasteiger partial charge on any atom is 0.417 e. The fourth-order valence-corrected chi connectivity index (χ4v) is 1.28. The number of carboxylic acid groups (broad SMARTS) is 1. The molecule has 0 spiro atoms. The fourth-order valence-electron chi connectivity index (χ4n) is 1.28. The molecule has 0 aliphatic carbocycles. The first kappa shape index (κ1) is 17.1. The molecule has 0 aliphatic heterocycles. The van der Waals surface area contributed by atoms with E-state index in [0.717, 1.165) is 0 Å². The molecule has 3 nitrogen and oxygen atoms in total. The summed E-state index contributed by atoms with van der Waals surface area (Å²) in [6, 6.07) is 1.21. The summed E-state index contributed by atoms with van der Waals surface area (Å²) in [5, 5.41) is 8.65. The molecule has 118 valence electrons. The molecule has 1 aromatic carbocycles. The Morgan fingerprint density at radius 1 is 1.19 bits per heavy atom. The number of hydrogen-bond donors (Lipinski definition) is 1. The van der Waals surface area contributed by atoms with Crippen molar-refractivity contribution in [1.29, 1.82) is 0 Å². The molecule has 0 aliphatic rings. The lowest BCUT2D eigenvalue weighted by molar-refractivity contribution is -0.148. The van der Waals surface area contributed by atoms with Crippen LogP contribution in [0.1, 0.15) is 15.9 Å². The van der Waals surface area contributed by atoms with E-state index in [1.807, 2.05) is 0 Å². The lowest BCUT2D eigenvalue weighted by atomic mass is 10.1. The molecule has 21 heavy (non-hydrogen) atoms. The average Bonchev–Trinajstić information content (AvgIpc) is 2.34. The highest BCUT2D eigenvalue weighted by Crippen LogP contribution is 2.34. The summed E-state index contributed by atoms with van der Waals surface area (Å²) in [6.07, 6.45) is -9.00. The van der Waals surface area contributed by atoms with Gasteiger partial charge in [-0.25, -0.2) is 13.6 Å². The second kappa shape index (κ2) is 5.78. The molecule has 0 bridgehead atoms. The van der Waals surface area contributed by atoms with E-state index in [2.05, 4.69) is 4.74 Å². The maximum absolute atomic E-state index is 12.6. The zero-order chi connectivity index (χ0) is 16.4. The summed E-state index contributed by atoms with van der Waals surface area (Å²) in [5.41, 5.74) is -2.75. The molecule has 1 rings (SSSR count). The van der Waals surface area contributed by atoms with E-state index < -0.39 is 48.0 Å². The summed E-state index contributed by atoms with van der Waals surface area (Å²) in [4.78, 5) is 10.7. The Morgan fingerprint density at radius 2 is 1.76 bits per heavy atom. The largest absolute Gasteiger partial charge is 0.487 e. The molecule has 0 amide bonds. The lowest BCUT2D eigenvalue weighted by Gasteiger charge is -2.17. The third-order valence-electron chi connectivity index (χ3n) is 2.28. The summed E-state index contributed by atoms with van der Waals surface area (Å²) in [6.45, 7) is -1.80. The summed E-state index contributed by atoms with van der Waals surface area (Å²) < 4.78 is 90.6. The second-order valence-electron chi connectivity index (χ2n) is 3.86. The Balaban J connectivity index is 3.03. The van der Waals surface area contributed by atoms with Crippen LogP contribution in [-0.2, 0) is 6.18 Å². The van der Waals surface area contributed by atoms with Crippen LogP contribution in [0.5, 0.6) is 5.75 Å². The number of alkyl halides is 7. The summed E-state index contributed by atoms with van der Waals surface area (Å²) >= 11 is 0. The molecule has 1 aromatic rings. The molecule has 0 fully saturated rings. The molecular weight excluding hydrogens is 313 g/mol. The topological polar surface area (TPSA) is 46.5 Å². The quantitative estimate of drug-likeness (QED) is 0.842. The van der Waals surface area contributed by atoms with Gasteiger partial charge < -0.3 is 9.84 Å². The van der Waals surface area contributed by atoms with Crippen molar-refractivity contribution < 1.29 is 45.4 Å². The molecule has 10 heteroatoms. The van der Waals surface area contributed by atoms with E-state index in [1.165, 1.54) is 0 Å². The van der Waals surface area contributed by atoms with Crippen LogP contribution in [-0.4, -0.2) is 30.0 Å². The first-order chi connectivity index (χ1) is 9.45. The van der Waals surface area contributed by atoms with E-state index in [4.69, 9.17) is 5.11 Å². The molecule has 0 heterocycles. The SMILES string of the molecule is O=C(O)c1cc(OCC(F)(F)C(F)F)ccc1C(F)(F)F.